The molecule has 0 amide bonds. The molecule has 0 atom stereocenters. The summed E-state index contributed by atoms with van der Waals surface area (Å²) in [5.74, 6) is 0. The maximum Gasteiger partial charge on any atom is 0.149 e. The van der Waals surface area contributed by atoms with Gasteiger partial charge in [-0.15, -0.1) is 0 Å². The van der Waals surface area contributed by atoms with Crippen molar-refractivity contribution in [3.05, 3.63) is 108 Å². The molecule has 0 fully saturated rings. The SMILES string of the molecule is c1ccc2c(c1)Cc1cc3c(cc1-2)-c1ccc2c(nc4c5cnccc5c5cccnc5n24)c1C3. The van der Waals surface area contributed by atoms with E-state index in [1.54, 1.807) is 0 Å². The summed E-state index contributed by atoms with van der Waals surface area (Å²) in [6.07, 6.45) is 7.58. The van der Waals surface area contributed by atoms with Gasteiger partial charge in [0, 0.05) is 35.8 Å². The van der Waals surface area contributed by atoms with Crippen LogP contribution in [-0.2, 0) is 12.8 Å². The van der Waals surface area contributed by atoms with E-state index in [9.17, 15) is 0 Å². The van der Waals surface area contributed by atoms with Crippen LogP contribution in [-0.4, -0.2) is 19.4 Å². The van der Waals surface area contributed by atoms with Gasteiger partial charge in [0.1, 0.15) is 11.3 Å². The van der Waals surface area contributed by atoms with Gasteiger partial charge >= 0.3 is 0 Å². The summed E-state index contributed by atoms with van der Waals surface area (Å²) in [5, 5.41) is 3.32. The standard InChI is InChI=1S/C31H18N4/c1-2-5-20-17(4-1)12-18-13-19-14-26-21(25(19)15-24(18)20)7-8-28-29(26)34-31-27-16-32-11-9-22(27)23-6-3-10-33-30(23)35(28)31/h1-11,13,15-16H,12,14H2. The molecule has 7 aromatic rings. The van der Waals surface area contributed by atoms with E-state index in [1.807, 2.05) is 24.7 Å². The van der Waals surface area contributed by atoms with E-state index >= 15 is 0 Å². The van der Waals surface area contributed by atoms with Crippen LogP contribution in [0.15, 0.2) is 85.3 Å². The Labute approximate surface area is 200 Å². The smallest absolute Gasteiger partial charge is 0.149 e. The molecule has 0 unspecified atom stereocenters. The van der Waals surface area contributed by atoms with Crippen LogP contribution in [0.4, 0.5) is 0 Å². The lowest BCUT2D eigenvalue weighted by Gasteiger charge is -2.08. The number of nitrogens with zero attached hydrogens (tertiary/aromatic N) is 4. The Morgan fingerprint density at radius 1 is 0.629 bits per heavy atom. The average Bonchev–Trinajstić information content (AvgIpc) is 3.58. The molecule has 4 heteroatoms. The molecule has 0 spiro atoms. The molecule has 0 saturated heterocycles. The highest BCUT2D eigenvalue weighted by Crippen LogP contribution is 2.46. The predicted octanol–water partition coefficient (Wildman–Crippen LogP) is 6.73. The minimum Gasteiger partial charge on any atom is -0.276 e. The first kappa shape index (κ1) is 17.8. The van der Waals surface area contributed by atoms with E-state index in [2.05, 4.69) is 70.0 Å². The van der Waals surface area contributed by atoms with Crippen LogP contribution >= 0.6 is 0 Å². The van der Waals surface area contributed by atoms with Crippen molar-refractivity contribution in [1.29, 1.82) is 0 Å². The Kier molecular flexibility index (Phi) is 3.11. The van der Waals surface area contributed by atoms with Gasteiger partial charge in [0.15, 0.2) is 0 Å². The molecule has 0 aliphatic heterocycles. The summed E-state index contributed by atoms with van der Waals surface area (Å²) >= 11 is 0. The second-order valence-electron chi connectivity index (χ2n) is 9.70. The highest BCUT2D eigenvalue weighted by atomic mass is 15.1. The molecular weight excluding hydrogens is 428 g/mol. The van der Waals surface area contributed by atoms with Crippen molar-refractivity contribution < 1.29 is 0 Å². The van der Waals surface area contributed by atoms with Gasteiger partial charge in [0.2, 0.25) is 0 Å². The Morgan fingerprint density at radius 3 is 2.54 bits per heavy atom. The number of hydrogen-bond acceptors (Lipinski definition) is 3. The Balaban J connectivity index is 1.36. The zero-order chi connectivity index (χ0) is 22.7. The fourth-order valence-electron chi connectivity index (χ4n) is 6.44. The second kappa shape index (κ2) is 6.10. The second-order valence-corrected chi connectivity index (χ2v) is 9.70. The number of hydrogen-bond donors (Lipinski definition) is 0. The average molecular weight is 447 g/mol. The molecule has 3 aromatic carbocycles. The van der Waals surface area contributed by atoms with Crippen molar-refractivity contribution in [2.45, 2.75) is 12.8 Å². The van der Waals surface area contributed by atoms with Gasteiger partial charge in [-0.25, -0.2) is 9.97 Å². The monoisotopic (exact) mass is 446 g/mol. The maximum atomic E-state index is 5.25. The Morgan fingerprint density at radius 2 is 1.54 bits per heavy atom. The van der Waals surface area contributed by atoms with Gasteiger partial charge in [-0.3, -0.25) is 9.38 Å². The molecule has 0 bridgehead atoms. The van der Waals surface area contributed by atoms with Crippen LogP contribution in [0, 0.1) is 0 Å². The summed E-state index contributed by atoms with van der Waals surface area (Å²) in [6, 6.07) is 24.4. The zero-order valence-electron chi connectivity index (χ0n) is 18.8. The van der Waals surface area contributed by atoms with Gasteiger partial charge in [0.05, 0.1) is 11.0 Å². The third-order valence-corrected chi connectivity index (χ3v) is 7.96. The van der Waals surface area contributed by atoms with Crippen molar-refractivity contribution in [1.82, 2.24) is 19.4 Å². The first-order valence-corrected chi connectivity index (χ1v) is 12.0. The van der Waals surface area contributed by atoms with E-state index in [-0.39, 0.29) is 0 Å². The van der Waals surface area contributed by atoms with Crippen LogP contribution in [0.5, 0.6) is 0 Å². The lowest BCUT2D eigenvalue weighted by atomic mass is 9.98. The molecule has 4 heterocycles. The molecule has 0 saturated carbocycles. The number of fused-ring (bicyclic) bond motifs is 15. The number of benzene rings is 3. The Bertz CT molecular complexity index is 2070. The molecule has 0 N–H and O–H groups in total. The van der Waals surface area contributed by atoms with Gasteiger partial charge in [0.25, 0.3) is 0 Å². The topological polar surface area (TPSA) is 43.1 Å². The summed E-state index contributed by atoms with van der Waals surface area (Å²) < 4.78 is 2.22. The number of aromatic nitrogens is 4. The lowest BCUT2D eigenvalue weighted by molar-refractivity contribution is 1.22. The molecule has 162 valence electrons. The van der Waals surface area contributed by atoms with E-state index in [4.69, 9.17) is 9.97 Å². The number of pyridine rings is 3. The molecule has 4 aromatic heterocycles. The summed E-state index contributed by atoms with van der Waals surface area (Å²) in [7, 11) is 0. The lowest BCUT2D eigenvalue weighted by Crippen LogP contribution is -1.94. The third kappa shape index (κ3) is 2.15. The van der Waals surface area contributed by atoms with Crippen molar-refractivity contribution in [2.75, 3.05) is 0 Å². The van der Waals surface area contributed by atoms with Crippen LogP contribution in [0.25, 0.3) is 60.7 Å². The van der Waals surface area contributed by atoms with Crippen LogP contribution in [0.1, 0.15) is 22.3 Å². The van der Waals surface area contributed by atoms with E-state index in [0.29, 0.717) is 0 Å². The molecule has 4 nitrogen and oxygen atoms in total. The van der Waals surface area contributed by atoms with E-state index in [1.165, 1.54) is 44.5 Å². The molecule has 9 rings (SSSR count). The van der Waals surface area contributed by atoms with Crippen LogP contribution in [0.2, 0.25) is 0 Å². The third-order valence-electron chi connectivity index (χ3n) is 7.96. The highest BCUT2D eigenvalue weighted by Gasteiger charge is 2.28. The maximum absolute atomic E-state index is 5.25. The fraction of sp³-hybridized carbons (Fsp3) is 0.0645. The van der Waals surface area contributed by atoms with Gasteiger partial charge in [-0.2, -0.15) is 0 Å². The fourth-order valence-corrected chi connectivity index (χ4v) is 6.44. The molecule has 2 aliphatic carbocycles. The molecule has 35 heavy (non-hydrogen) atoms. The summed E-state index contributed by atoms with van der Waals surface area (Å²) in [5.41, 5.74) is 15.1. The Hall–Kier alpha value is -4.57. The molecular formula is C31H18N4. The van der Waals surface area contributed by atoms with Crippen LogP contribution < -0.4 is 0 Å². The van der Waals surface area contributed by atoms with E-state index in [0.717, 1.165) is 51.3 Å². The zero-order valence-corrected chi connectivity index (χ0v) is 18.8. The normalized spacial score (nSPS) is 13.5. The van der Waals surface area contributed by atoms with Crippen molar-refractivity contribution in [2.24, 2.45) is 0 Å². The van der Waals surface area contributed by atoms with Crippen molar-refractivity contribution >= 4 is 38.5 Å². The summed E-state index contributed by atoms with van der Waals surface area (Å²) in [4.78, 5) is 14.5. The predicted molar refractivity (Wildman–Crippen MR) is 140 cm³/mol. The summed E-state index contributed by atoms with van der Waals surface area (Å²) in [6.45, 7) is 0. The number of rotatable bonds is 0. The van der Waals surface area contributed by atoms with Gasteiger partial charge in [-0.1, -0.05) is 36.4 Å². The largest absolute Gasteiger partial charge is 0.276 e. The van der Waals surface area contributed by atoms with Gasteiger partial charge < -0.3 is 0 Å². The highest BCUT2D eigenvalue weighted by molar-refractivity contribution is 6.13. The van der Waals surface area contributed by atoms with Crippen molar-refractivity contribution in [3.8, 4) is 22.3 Å². The first-order chi connectivity index (χ1) is 17.3. The molecule has 0 radical (unpaired) electrons. The number of imidazole rings is 1. The van der Waals surface area contributed by atoms with Gasteiger partial charge in [-0.05, 0) is 86.6 Å². The van der Waals surface area contributed by atoms with Crippen molar-refractivity contribution in [3.63, 3.8) is 0 Å². The van der Waals surface area contributed by atoms with E-state index < -0.39 is 0 Å². The quantitative estimate of drug-likeness (QED) is 0.243. The molecule has 2 aliphatic rings. The first-order valence-electron chi connectivity index (χ1n) is 12.0. The minimum atomic E-state index is 0.914. The van der Waals surface area contributed by atoms with Crippen LogP contribution in [0.3, 0.4) is 0 Å². The minimum absolute atomic E-state index is 0.914.